The second kappa shape index (κ2) is 8.15. The summed E-state index contributed by atoms with van der Waals surface area (Å²) in [6, 6.07) is 11.4. The monoisotopic (exact) mass is 400 g/mol. The summed E-state index contributed by atoms with van der Waals surface area (Å²) in [5.41, 5.74) is 3.37. The third kappa shape index (κ3) is 4.09. The average Bonchev–Trinajstić information content (AvgIpc) is 3.41. The molecule has 0 saturated carbocycles. The van der Waals surface area contributed by atoms with E-state index in [0.29, 0.717) is 23.4 Å². The number of tetrazole rings is 1. The molecule has 4 N–H and O–H groups in total. The van der Waals surface area contributed by atoms with Crippen LogP contribution >= 0.6 is 0 Å². The lowest BCUT2D eigenvalue weighted by molar-refractivity contribution is 0.881. The molecule has 0 radical (unpaired) electrons. The Morgan fingerprint density at radius 2 is 1.87 bits per heavy atom. The number of benzene rings is 1. The largest absolute Gasteiger partial charge is 0.360 e. The highest BCUT2D eigenvalue weighted by Gasteiger charge is 2.12. The summed E-state index contributed by atoms with van der Waals surface area (Å²) in [4.78, 5) is 13.1. The molecular formula is C18H16N12. The lowest BCUT2D eigenvalue weighted by Gasteiger charge is -2.06. The van der Waals surface area contributed by atoms with Gasteiger partial charge < -0.3 is 5.32 Å². The minimum Gasteiger partial charge on any atom is -0.360 e. The van der Waals surface area contributed by atoms with Crippen molar-refractivity contribution in [2.24, 2.45) is 0 Å². The minimum absolute atomic E-state index is 0.196. The third-order valence-corrected chi connectivity index (χ3v) is 3.95. The van der Waals surface area contributed by atoms with Gasteiger partial charge in [-0.05, 0) is 37.3 Å². The first-order valence-corrected chi connectivity index (χ1v) is 8.84. The molecule has 0 aliphatic carbocycles. The normalized spacial score (nSPS) is 11.2. The van der Waals surface area contributed by atoms with E-state index in [0.717, 1.165) is 17.0 Å². The average molecular weight is 400 g/mol. The summed E-state index contributed by atoms with van der Waals surface area (Å²) >= 11 is 0. The first kappa shape index (κ1) is 18.7. The maximum absolute atomic E-state index is 9.32. The van der Waals surface area contributed by atoms with Crippen molar-refractivity contribution in [2.75, 3.05) is 10.6 Å². The Morgan fingerprint density at radius 3 is 2.60 bits per heavy atom. The van der Waals surface area contributed by atoms with Crippen LogP contribution in [0, 0.1) is 25.2 Å². The zero-order valence-corrected chi connectivity index (χ0v) is 16.0. The van der Waals surface area contributed by atoms with E-state index in [2.05, 4.69) is 56.4 Å². The van der Waals surface area contributed by atoms with Crippen LogP contribution in [0.25, 0.3) is 17.0 Å². The lowest BCUT2D eigenvalue weighted by Crippen LogP contribution is -2.01. The zero-order valence-electron chi connectivity index (χ0n) is 16.0. The predicted molar refractivity (Wildman–Crippen MR) is 108 cm³/mol. The van der Waals surface area contributed by atoms with E-state index in [9.17, 15) is 5.26 Å². The van der Waals surface area contributed by atoms with E-state index >= 15 is 0 Å². The second-order valence-corrected chi connectivity index (χ2v) is 6.20. The van der Waals surface area contributed by atoms with E-state index in [-0.39, 0.29) is 11.4 Å². The molecule has 1 aromatic carbocycles. The first-order chi connectivity index (χ1) is 14.6. The van der Waals surface area contributed by atoms with Crippen LogP contribution in [0.15, 0.2) is 36.5 Å². The van der Waals surface area contributed by atoms with E-state index in [1.807, 2.05) is 50.2 Å². The quantitative estimate of drug-likeness (QED) is 0.351. The van der Waals surface area contributed by atoms with Crippen molar-refractivity contribution in [3.05, 3.63) is 53.7 Å². The van der Waals surface area contributed by atoms with Crippen molar-refractivity contribution >= 4 is 23.2 Å². The van der Waals surface area contributed by atoms with E-state index in [4.69, 9.17) is 0 Å². The van der Waals surface area contributed by atoms with Crippen molar-refractivity contribution in [3.63, 3.8) is 0 Å². The van der Waals surface area contributed by atoms with Crippen LogP contribution in [0.4, 0.5) is 17.6 Å². The summed E-state index contributed by atoms with van der Waals surface area (Å²) < 4.78 is 0. The van der Waals surface area contributed by atoms with Crippen molar-refractivity contribution in [1.29, 1.82) is 5.26 Å². The van der Waals surface area contributed by atoms with Crippen LogP contribution in [0.5, 0.6) is 0 Å². The van der Waals surface area contributed by atoms with Gasteiger partial charge in [0.1, 0.15) is 11.6 Å². The van der Waals surface area contributed by atoms with Gasteiger partial charge in [0.2, 0.25) is 17.7 Å². The number of H-pyrrole nitrogens is 2. The Kier molecular flexibility index (Phi) is 5.08. The Bertz CT molecular complexity index is 1210. The number of rotatable bonds is 6. The fraction of sp³-hybridized carbons (Fsp3) is 0.111. The second-order valence-electron chi connectivity index (χ2n) is 6.20. The van der Waals surface area contributed by atoms with E-state index < -0.39 is 0 Å². The van der Waals surface area contributed by atoms with Crippen molar-refractivity contribution in [2.45, 2.75) is 13.8 Å². The molecule has 0 aliphatic rings. The van der Waals surface area contributed by atoms with Gasteiger partial charge in [0.15, 0.2) is 5.82 Å². The summed E-state index contributed by atoms with van der Waals surface area (Å²) in [6.45, 7) is 3.78. The van der Waals surface area contributed by atoms with Gasteiger partial charge in [0, 0.05) is 28.8 Å². The standard InChI is InChI=1S/C18H16N12/c1-10-7-11(2)22-17(21-10)24-18-23-16(25-28-18)13-5-3-4-6-14(13)20-9-12(8-19)15-26-29-30-27-15/h3-7,9,20H,1-2H3,(H,26,27,29,30)(H2,21,22,23,24,25,28). The number of para-hydroxylation sites is 1. The number of nitrogens with zero attached hydrogens (tertiary/aromatic N) is 8. The highest BCUT2D eigenvalue weighted by Crippen LogP contribution is 2.26. The summed E-state index contributed by atoms with van der Waals surface area (Å²) in [6.07, 6.45) is 1.50. The predicted octanol–water partition coefficient (Wildman–Crippen LogP) is 2.11. The van der Waals surface area contributed by atoms with Crippen LogP contribution in [0.2, 0.25) is 0 Å². The molecule has 3 aromatic heterocycles. The molecule has 0 spiro atoms. The molecule has 4 rings (SSSR count). The molecule has 0 aliphatic heterocycles. The van der Waals surface area contributed by atoms with Crippen LogP contribution in [0.1, 0.15) is 17.2 Å². The zero-order chi connectivity index (χ0) is 20.9. The Morgan fingerprint density at radius 1 is 1.07 bits per heavy atom. The van der Waals surface area contributed by atoms with Crippen molar-refractivity contribution in [1.82, 2.24) is 45.8 Å². The highest BCUT2D eigenvalue weighted by molar-refractivity contribution is 5.79. The minimum atomic E-state index is 0.196. The van der Waals surface area contributed by atoms with Crippen LogP contribution in [-0.2, 0) is 0 Å². The Balaban J connectivity index is 1.58. The number of nitriles is 1. The fourth-order valence-corrected chi connectivity index (χ4v) is 2.71. The highest BCUT2D eigenvalue weighted by atomic mass is 15.5. The first-order valence-electron chi connectivity index (χ1n) is 8.84. The number of nitrogens with one attached hydrogen (secondary N) is 4. The fourth-order valence-electron chi connectivity index (χ4n) is 2.71. The molecule has 30 heavy (non-hydrogen) atoms. The van der Waals surface area contributed by atoms with Crippen LogP contribution < -0.4 is 10.6 Å². The van der Waals surface area contributed by atoms with Crippen molar-refractivity contribution in [3.8, 4) is 17.5 Å². The van der Waals surface area contributed by atoms with Crippen LogP contribution in [-0.4, -0.2) is 45.8 Å². The smallest absolute Gasteiger partial charge is 0.249 e. The molecule has 12 nitrogen and oxygen atoms in total. The van der Waals surface area contributed by atoms with Gasteiger partial charge in [0.25, 0.3) is 0 Å². The van der Waals surface area contributed by atoms with Gasteiger partial charge in [-0.25, -0.2) is 9.97 Å². The molecule has 3 heterocycles. The van der Waals surface area contributed by atoms with Crippen molar-refractivity contribution < 1.29 is 0 Å². The van der Waals surface area contributed by atoms with Gasteiger partial charge in [-0.3, -0.25) is 10.4 Å². The SMILES string of the molecule is Cc1cc(C)nc(Nc2n[nH]c(-c3ccccc3NC=C(C#N)c3nn[nH]n3)n2)n1. The van der Waals surface area contributed by atoms with Gasteiger partial charge in [-0.2, -0.15) is 15.5 Å². The number of hydrogen-bond donors (Lipinski definition) is 4. The number of aromatic amines is 2. The molecule has 4 aromatic rings. The lowest BCUT2D eigenvalue weighted by atomic mass is 10.1. The Labute approximate surface area is 170 Å². The molecule has 0 saturated heterocycles. The van der Waals surface area contributed by atoms with Gasteiger partial charge in [0.05, 0.1) is 0 Å². The van der Waals surface area contributed by atoms with E-state index in [1.165, 1.54) is 6.20 Å². The third-order valence-electron chi connectivity index (χ3n) is 3.95. The molecule has 0 atom stereocenters. The number of aromatic nitrogens is 9. The molecular weight excluding hydrogens is 384 g/mol. The summed E-state index contributed by atoms with van der Waals surface area (Å²) in [5.74, 6) is 1.48. The topological polar surface area (TPSA) is 170 Å². The molecule has 12 heteroatoms. The molecule has 0 unspecified atom stereocenters. The number of aryl methyl sites for hydroxylation is 2. The molecule has 148 valence electrons. The Hall–Kier alpha value is -4.66. The number of anilines is 3. The van der Waals surface area contributed by atoms with Gasteiger partial charge in [-0.1, -0.05) is 12.1 Å². The maximum Gasteiger partial charge on any atom is 0.249 e. The van der Waals surface area contributed by atoms with Gasteiger partial charge in [-0.15, -0.1) is 15.3 Å². The summed E-state index contributed by atoms with van der Waals surface area (Å²) in [7, 11) is 0. The van der Waals surface area contributed by atoms with Crippen LogP contribution in [0.3, 0.4) is 0 Å². The van der Waals surface area contributed by atoms with Gasteiger partial charge >= 0.3 is 0 Å². The molecule has 0 bridgehead atoms. The number of allylic oxidation sites excluding steroid dienone is 1. The number of hydrogen-bond acceptors (Lipinski definition) is 10. The summed E-state index contributed by atoms with van der Waals surface area (Å²) in [5, 5.41) is 35.9. The molecule has 0 amide bonds. The maximum atomic E-state index is 9.32. The molecule has 0 fully saturated rings. The van der Waals surface area contributed by atoms with E-state index in [1.54, 1.807) is 0 Å².